The number of aromatic nitrogens is 4. The molecule has 1 saturated carbocycles. The van der Waals surface area contributed by atoms with Crippen molar-refractivity contribution < 1.29 is 14.4 Å². The van der Waals surface area contributed by atoms with Crippen LogP contribution in [0.25, 0.3) is 0 Å². The zero-order valence-electron chi connectivity index (χ0n) is 16.0. The number of aryl methyl sites for hydroxylation is 2. The molecule has 0 aromatic carbocycles. The van der Waals surface area contributed by atoms with Gasteiger partial charge in [-0.2, -0.15) is 10.2 Å². The van der Waals surface area contributed by atoms with E-state index in [-0.39, 0.29) is 29.1 Å². The van der Waals surface area contributed by atoms with E-state index < -0.39 is 5.91 Å². The Labute approximate surface area is 156 Å². The summed E-state index contributed by atoms with van der Waals surface area (Å²) in [6.07, 6.45) is 1.78. The van der Waals surface area contributed by atoms with Gasteiger partial charge in [0.1, 0.15) is 5.82 Å². The Morgan fingerprint density at radius 2 is 1.78 bits per heavy atom. The molecule has 27 heavy (non-hydrogen) atoms. The van der Waals surface area contributed by atoms with E-state index in [9.17, 15) is 14.4 Å². The maximum absolute atomic E-state index is 12.7. The monoisotopic (exact) mass is 373 g/mol. The van der Waals surface area contributed by atoms with Gasteiger partial charge in [-0.05, 0) is 19.8 Å². The minimum Gasteiger partial charge on any atom is -0.343 e. The van der Waals surface area contributed by atoms with Crippen molar-refractivity contribution >= 4 is 29.2 Å². The van der Waals surface area contributed by atoms with Crippen LogP contribution in [0, 0.1) is 12.8 Å². The lowest BCUT2D eigenvalue weighted by Crippen LogP contribution is -2.24. The third kappa shape index (κ3) is 3.69. The lowest BCUT2D eigenvalue weighted by atomic mass is 10.2. The van der Waals surface area contributed by atoms with Crippen molar-refractivity contribution in [1.29, 1.82) is 0 Å². The number of nitrogens with one attached hydrogen (secondary N) is 2. The van der Waals surface area contributed by atoms with Crippen LogP contribution in [0.2, 0.25) is 0 Å². The highest BCUT2D eigenvalue weighted by Crippen LogP contribution is 2.30. The van der Waals surface area contributed by atoms with Gasteiger partial charge in [0.2, 0.25) is 5.91 Å². The molecule has 2 heterocycles. The van der Waals surface area contributed by atoms with Gasteiger partial charge in [0.15, 0.2) is 11.4 Å². The summed E-state index contributed by atoms with van der Waals surface area (Å²) in [5.41, 5.74) is 1.28. The van der Waals surface area contributed by atoms with Crippen LogP contribution in [0.5, 0.6) is 0 Å². The predicted octanol–water partition coefficient (Wildman–Crippen LogP) is 0.765. The topological polar surface area (TPSA) is 114 Å². The maximum atomic E-state index is 12.7. The number of anilines is 2. The van der Waals surface area contributed by atoms with Crippen LogP contribution in [0.1, 0.15) is 39.5 Å². The second kappa shape index (κ2) is 6.86. The molecular weight excluding hydrogens is 350 g/mol. The maximum Gasteiger partial charge on any atom is 0.276 e. The number of hydrogen-bond donors (Lipinski definition) is 2. The van der Waals surface area contributed by atoms with Gasteiger partial charge in [0.25, 0.3) is 11.8 Å². The summed E-state index contributed by atoms with van der Waals surface area (Å²) in [4.78, 5) is 38.3. The number of carbonyl (C=O) groups is 3. The summed E-state index contributed by atoms with van der Waals surface area (Å²) in [7, 11) is 6.58. The van der Waals surface area contributed by atoms with Crippen LogP contribution in [-0.2, 0) is 18.9 Å². The van der Waals surface area contributed by atoms with E-state index in [1.165, 1.54) is 20.3 Å². The van der Waals surface area contributed by atoms with Gasteiger partial charge in [-0.25, -0.2) is 0 Å². The smallest absolute Gasteiger partial charge is 0.276 e. The molecule has 0 atom stereocenters. The summed E-state index contributed by atoms with van der Waals surface area (Å²) >= 11 is 0. The molecule has 2 aromatic rings. The van der Waals surface area contributed by atoms with Gasteiger partial charge in [0.05, 0.1) is 11.4 Å². The second-order valence-corrected chi connectivity index (χ2v) is 6.89. The van der Waals surface area contributed by atoms with Crippen molar-refractivity contribution in [3.8, 4) is 0 Å². The highest BCUT2D eigenvalue weighted by Gasteiger charge is 2.30. The quantitative estimate of drug-likeness (QED) is 0.803. The molecule has 0 spiro atoms. The number of carbonyl (C=O) groups excluding carboxylic acids is 3. The fraction of sp³-hybridized carbons (Fsp3) is 0.471. The number of hydrogen-bond acceptors (Lipinski definition) is 5. The molecule has 144 valence electrons. The van der Waals surface area contributed by atoms with E-state index >= 15 is 0 Å². The summed E-state index contributed by atoms with van der Waals surface area (Å²) in [6, 6.07) is 1.51. The van der Waals surface area contributed by atoms with Crippen LogP contribution in [0.3, 0.4) is 0 Å². The molecule has 2 N–H and O–H groups in total. The average molecular weight is 373 g/mol. The lowest BCUT2D eigenvalue weighted by molar-refractivity contribution is -0.117. The molecule has 1 aliphatic carbocycles. The van der Waals surface area contributed by atoms with E-state index in [0.717, 1.165) is 12.8 Å². The molecule has 10 heteroatoms. The summed E-state index contributed by atoms with van der Waals surface area (Å²) < 4.78 is 2.98. The van der Waals surface area contributed by atoms with Gasteiger partial charge in [-0.15, -0.1) is 0 Å². The van der Waals surface area contributed by atoms with Gasteiger partial charge in [-0.3, -0.25) is 23.7 Å². The first-order valence-electron chi connectivity index (χ1n) is 8.60. The van der Waals surface area contributed by atoms with Crippen molar-refractivity contribution in [2.45, 2.75) is 19.8 Å². The van der Waals surface area contributed by atoms with Gasteiger partial charge in [-0.1, -0.05) is 0 Å². The zero-order valence-corrected chi connectivity index (χ0v) is 16.0. The van der Waals surface area contributed by atoms with Crippen molar-refractivity contribution in [1.82, 2.24) is 24.5 Å². The fourth-order valence-electron chi connectivity index (χ4n) is 2.57. The van der Waals surface area contributed by atoms with Crippen LogP contribution in [-0.4, -0.2) is 56.3 Å². The molecular formula is C17H23N7O3. The van der Waals surface area contributed by atoms with E-state index in [1.807, 2.05) is 0 Å². The molecule has 3 rings (SSSR count). The Kier molecular flexibility index (Phi) is 4.73. The van der Waals surface area contributed by atoms with Crippen LogP contribution >= 0.6 is 0 Å². The van der Waals surface area contributed by atoms with Gasteiger partial charge in [0, 0.05) is 40.2 Å². The molecule has 0 aliphatic heterocycles. The van der Waals surface area contributed by atoms with Crippen molar-refractivity contribution in [2.75, 3.05) is 24.7 Å². The first-order valence-corrected chi connectivity index (χ1v) is 8.60. The van der Waals surface area contributed by atoms with Crippen molar-refractivity contribution in [3.63, 3.8) is 0 Å². The molecule has 1 fully saturated rings. The second-order valence-electron chi connectivity index (χ2n) is 6.89. The number of rotatable bonds is 5. The molecule has 2 aromatic heterocycles. The third-order valence-corrected chi connectivity index (χ3v) is 4.49. The minimum absolute atomic E-state index is 0.0508. The largest absolute Gasteiger partial charge is 0.343 e. The van der Waals surface area contributed by atoms with E-state index in [0.29, 0.717) is 17.2 Å². The van der Waals surface area contributed by atoms with Crippen molar-refractivity contribution in [2.24, 2.45) is 20.0 Å². The first-order chi connectivity index (χ1) is 12.7. The Hall–Kier alpha value is -3.17. The normalized spacial score (nSPS) is 13.4. The van der Waals surface area contributed by atoms with Crippen LogP contribution < -0.4 is 10.6 Å². The number of nitrogens with zero attached hydrogens (tertiary/aromatic N) is 5. The third-order valence-electron chi connectivity index (χ3n) is 4.49. The fourth-order valence-corrected chi connectivity index (χ4v) is 2.57. The Morgan fingerprint density at radius 1 is 1.11 bits per heavy atom. The summed E-state index contributed by atoms with van der Waals surface area (Å²) in [5.74, 6) is -0.361. The zero-order chi connectivity index (χ0) is 19.9. The summed E-state index contributed by atoms with van der Waals surface area (Å²) in [6.45, 7) is 1.76. The molecule has 0 bridgehead atoms. The predicted molar refractivity (Wildman–Crippen MR) is 98.5 cm³/mol. The lowest BCUT2D eigenvalue weighted by Gasteiger charge is -2.10. The Bertz CT molecular complexity index is 921. The Balaban J connectivity index is 1.82. The standard InChI is InChI=1S/C17H23N7O3/c1-9-13(14(21-23(9)4)17(27)22(2)3)19-16(26)11-8-12(24(5)20-11)18-15(25)10-6-7-10/h8,10H,6-7H2,1-5H3,(H,18,25)(H,19,26). The molecule has 0 saturated heterocycles. The van der Waals surface area contributed by atoms with E-state index in [1.54, 1.807) is 35.1 Å². The SMILES string of the molecule is Cc1c(NC(=O)c2cc(NC(=O)C3CC3)n(C)n2)c(C(=O)N(C)C)nn1C. The molecule has 0 unspecified atom stereocenters. The van der Waals surface area contributed by atoms with Crippen LogP contribution in [0.15, 0.2) is 6.07 Å². The molecule has 3 amide bonds. The molecule has 0 radical (unpaired) electrons. The van der Waals surface area contributed by atoms with E-state index in [2.05, 4.69) is 20.8 Å². The van der Waals surface area contributed by atoms with E-state index in [4.69, 9.17) is 0 Å². The van der Waals surface area contributed by atoms with Crippen LogP contribution in [0.4, 0.5) is 11.5 Å². The van der Waals surface area contributed by atoms with Gasteiger partial charge >= 0.3 is 0 Å². The average Bonchev–Trinajstić information content (AvgIpc) is 3.35. The Morgan fingerprint density at radius 3 is 2.37 bits per heavy atom. The first kappa shape index (κ1) is 18.6. The highest BCUT2D eigenvalue weighted by atomic mass is 16.2. The summed E-state index contributed by atoms with van der Waals surface area (Å²) in [5, 5.41) is 13.8. The number of amides is 3. The van der Waals surface area contributed by atoms with Gasteiger partial charge < -0.3 is 15.5 Å². The minimum atomic E-state index is -0.485. The van der Waals surface area contributed by atoms with Crippen molar-refractivity contribution in [3.05, 3.63) is 23.1 Å². The highest BCUT2D eigenvalue weighted by molar-refractivity contribution is 6.08. The molecule has 1 aliphatic rings. The molecule has 10 nitrogen and oxygen atoms in total.